The van der Waals surface area contributed by atoms with Crippen LogP contribution in [0.5, 0.6) is 0 Å². The number of carbonyl (C=O) groups excluding carboxylic acids is 2. The Morgan fingerprint density at radius 3 is 2.33 bits per heavy atom. The summed E-state index contributed by atoms with van der Waals surface area (Å²) in [7, 11) is -1.43. The molecule has 0 aromatic heterocycles. The van der Waals surface area contributed by atoms with Gasteiger partial charge in [0.05, 0.1) is 0 Å². The fourth-order valence-corrected chi connectivity index (χ4v) is 5.07. The highest BCUT2D eigenvalue weighted by atomic mass is 16.6. The molecule has 0 aromatic rings. The number of nitrogens with two attached hydrogens (primary N) is 1. The Bertz CT molecular complexity index is 694. The molecule has 0 aliphatic heterocycles. The van der Waals surface area contributed by atoms with Crippen molar-refractivity contribution in [1.82, 2.24) is 10.6 Å². The van der Waals surface area contributed by atoms with E-state index in [1.807, 2.05) is 0 Å². The molecule has 2 rings (SSSR count). The summed E-state index contributed by atoms with van der Waals surface area (Å²) in [5.74, 6) is -1.98. The van der Waals surface area contributed by atoms with Crippen LogP contribution >= 0.6 is 0 Å². The van der Waals surface area contributed by atoms with Crippen LogP contribution in [0, 0.1) is 17.8 Å². The molecule has 0 saturated heterocycles. The van der Waals surface area contributed by atoms with Gasteiger partial charge in [0.2, 0.25) is 5.91 Å². The molecule has 11 heteroatoms. The van der Waals surface area contributed by atoms with Crippen molar-refractivity contribution in [3.63, 3.8) is 0 Å². The Kier molecular flexibility index (Phi) is 9.57. The summed E-state index contributed by atoms with van der Waals surface area (Å²) in [6.07, 6.45) is 5.02. The van der Waals surface area contributed by atoms with E-state index in [9.17, 15) is 19.5 Å². The standard InChI is InChI=1S/C22H40BN3O7/c1-21(2,3)33-20(30)26-17(15-6-4-5-7-15)18(27)25-13-16-9-8-14(10-11-23(31)32)12-22(16,24)19(28)29/h14-17,31-32H,4-13,24H2,1-3H3,(H,25,27)(H,26,30)(H,28,29)/t14-,16-,17-,22+/m0/s1. The minimum absolute atomic E-state index is 0.000251. The molecular formula is C22H40BN3O7. The average Bonchev–Trinajstić information content (AvgIpc) is 3.22. The second-order valence-corrected chi connectivity index (χ2v) is 10.7. The zero-order valence-corrected chi connectivity index (χ0v) is 20.0. The van der Waals surface area contributed by atoms with Gasteiger partial charge in [-0.1, -0.05) is 19.3 Å². The van der Waals surface area contributed by atoms with Gasteiger partial charge >= 0.3 is 19.2 Å². The maximum absolute atomic E-state index is 13.1. The first-order valence-corrected chi connectivity index (χ1v) is 12.0. The zero-order valence-electron chi connectivity index (χ0n) is 20.0. The summed E-state index contributed by atoms with van der Waals surface area (Å²) in [6, 6.07) is -0.748. The summed E-state index contributed by atoms with van der Waals surface area (Å²) < 4.78 is 5.33. The number of ether oxygens (including phenoxy) is 1. The highest BCUT2D eigenvalue weighted by molar-refractivity contribution is 6.40. The Morgan fingerprint density at radius 1 is 1.15 bits per heavy atom. The lowest BCUT2D eigenvalue weighted by Crippen LogP contribution is -2.61. The molecule has 0 bridgehead atoms. The molecule has 188 valence electrons. The monoisotopic (exact) mass is 469 g/mol. The van der Waals surface area contributed by atoms with Gasteiger partial charge in [-0.15, -0.1) is 0 Å². The van der Waals surface area contributed by atoms with Crippen molar-refractivity contribution >= 4 is 25.1 Å². The summed E-state index contributed by atoms with van der Waals surface area (Å²) in [4.78, 5) is 37.4. The smallest absolute Gasteiger partial charge is 0.451 e. The molecule has 0 radical (unpaired) electrons. The highest BCUT2D eigenvalue weighted by Crippen LogP contribution is 2.38. The Labute approximate surface area is 196 Å². The van der Waals surface area contributed by atoms with E-state index < -0.39 is 42.3 Å². The fraction of sp³-hybridized carbons (Fsp3) is 0.864. The summed E-state index contributed by atoms with van der Waals surface area (Å²) in [5, 5.41) is 33.6. The predicted molar refractivity (Wildman–Crippen MR) is 123 cm³/mol. The zero-order chi connectivity index (χ0) is 24.8. The number of alkyl carbamates (subject to hydrolysis) is 1. The second kappa shape index (κ2) is 11.5. The van der Waals surface area contributed by atoms with Gasteiger partial charge in [-0.2, -0.15) is 0 Å². The number of hydrogen-bond acceptors (Lipinski definition) is 7. The molecule has 0 unspecified atom stereocenters. The first-order chi connectivity index (χ1) is 15.3. The molecule has 2 fully saturated rings. The number of amides is 2. The van der Waals surface area contributed by atoms with Crippen LogP contribution in [0.25, 0.3) is 0 Å². The number of carboxylic acid groups (broad SMARTS) is 1. The van der Waals surface area contributed by atoms with Gasteiger partial charge in [-0.3, -0.25) is 9.59 Å². The molecule has 0 spiro atoms. The van der Waals surface area contributed by atoms with Crippen LogP contribution in [-0.4, -0.2) is 64.0 Å². The third-order valence-corrected chi connectivity index (χ3v) is 6.86. The van der Waals surface area contributed by atoms with Gasteiger partial charge in [0.25, 0.3) is 0 Å². The number of carbonyl (C=O) groups is 3. The second-order valence-electron chi connectivity index (χ2n) is 10.7. The van der Waals surface area contributed by atoms with Crippen LogP contribution in [0.1, 0.15) is 72.1 Å². The third-order valence-electron chi connectivity index (χ3n) is 6.86. The molecule has 10 nitrogen and oxygen atoms in total. The molecule has 2 aliphatic rings. The van der Waals surface area contributed by atoms with Crippen molar-refractivity contribution in [2.24, 2.45) is 23.5 Å². The van der Waals surface area contributed by atoms with Crippen LogP contribution < -0.4 is 16.4 Å². The minimum Gasteiger partial charge on any atom is -0.480 e. The predicted octanol–water partition coefficient (Wildman–Crippen LogP) is 1.25. The minimum atomic E-state index is -1.52. The molecule has 0 heterocycles. The van der Waals surface area contributed by atoms with Gasteiger partial charge in [0.15, 0.2) is 0 Å². The molecule has 33 heavy (non-hydrogen) atoms. The maximum atomic E-state index is 13.1. The fourth-order valence-electron chi connectivity index (χ4n) is 5.07. The number of hydrogen-bond donors (Lipinski definition) is 6. The van der Waals surface area contributed by atoms with E-state index in [1.54, 1.807) is 20.8 Å². The number of rotatable bonds is 9. The summed E-state index contributed by atoms with van der Waals surface area (Å²) in [5.41, 5.74) is 4.11. The lowest BCUT2D eigenvalue weighted by molar-refractivity contribution is -0.148. The van der Waals surface area contributed by atoms with Crippen LogP contribution in [0.3, 0.4) is 0 Å². The quantitative estimate of drug-likeness (QED) is 0.274. The van der Waals surface area contributed by atoms with Gasteiger partial charge in [-0.25, -0.2) is 4.79 Å². The van der Waals surface area contributed by atoms with Crippen molar-refractivity contribution < 1.29 is 34.3 Å². The van der Waals surface area contributed by atoms with Crippen molar-refractivity contribution in [2.75, 3.05) is 6.54 Å². The van der Waals surface area contributed by atoms with E-state index >= 15 is 0 Å². The molecule has 7 N–H and O–H groups in total. The Balaban J connectivity index is 2.02. The largest absolute Gasteiger partial charge is 0.480 e. The number of carboxylic acids is 1. The van der Waals surface area contributed by atoms with Crippen LogP contribution in [0.4, 0.5) is 4.79 Å². The van der Waals surface area contributed by atoms with E-state index in [0.717, 1.165) is 25.7 Å². The molecule has 2 saturated carbocycles. The number of nitrogens with one attached hydrogen (secondary N) is 2. The molecule has 4 atom stereocenters. The van der Waals surface area contributed by atoms with Crippen molar-refractivity contribution in [3.8, 4) is 0 Å². The van der Waals surface area contributed by atoms with Crippen molar-refractivity contribution in [2.45, 2.75) is 95.6 Å². The normalized spacial score (nSPS) is 27.0. The first-order valence-electron chi connectivity index (χ1n) is 12.0. The average molecular weight is 469 g/mol. The summed E-state index contributed by atoms with van der Waals surface area (Å²) >= 11 is 0. The van der Waals surface area contributed by atoms with Crippen LogP contribution in [0.2, 0.25) is 6.32 Å². The van der Waals surface area contributed by atoms with E-state index in [4.69, 9.17) is 20.5 Å². The molecular weight excluding hydrogens is 429 g/mol. The number of aliphatic carboxylic acids is 1. The molecule has 0 aromatic carbocycles. The lowest BCUT2D eigenvalue weighted by Gasteiger charge is -2.42. The molecule has 2 aliphatic carbocycles. The van der Waals surface area contributed by atoms with E-state index in [2.05, 4.69) is 10.6 Å². The van der Waals surface area contributed by atoms with Gasteiger partial charge in [0, 0.05) is 12.5 Å². The van der Waals surface area contributed by atoms with Gasteiger partial charge in [0.1, 0.15) is 17.2 Å². The van der Waals surface area contributed by atoms with Crippen LogP contribution in [-0.2, 0) is 14.3 Å². The molecule has 2 amide bonds. The van der Waals surface area contributed by atoms with Gasteiger partial charge in [-0.05, 0) is 71.0 Å². The van der Waals surface area contributed by atoms with Crippen molar-refractivity contribution in [1.29, 1.82) is 0 Å². The van der Waals surface area contributed by atoms with E-state index in [-0.39, 0.29) is 37.0 Å². The summed E-state index contributed by atoms with van der Waals surface area (Å²) in [6.45, 7) is 5.35. The van der Waals surface area contributed by atoms with E-state index in [1.165, 1.54) is 0 Å². The lowest BCUT2D eigenvalue weighted by atomic mass is 9.66. The Morgan fingerprint density at radius 2 is 1.79 bits per heavy atom. The van der Waals surface area contributed by atoms with Gasteiger partial charge < -0.3 is 36.3 Å². The van der Waals surface area contributed by atoms with Crippen LogP contribution in [0.15, 0.2) is 0 Å². The third kappa shape index (κ3) is 8.15. The topological polar surface area (TPSA) is 171 Å². The van der Waals surface area contributed by atoms with Crippen molar-refractivity contribution in [3.05, 3.63) is 0 Å². The SMILES string of the molecule is CC(C)(C)OC(=O)N[C@H](C(=O)NC[C@@H]1CC[C@@H](CCB(O)O)C[C@]1(N)C(=O)O)C1CCCC1. The maximum Gasteiger partial charge on any atom is 0.451 e. The first kappa shape index (κ1) is 27.4. The van der Waals surface area contributed by atoms with E-state index in [0.29, 0.717) is 19.3 Å². The highest BCUT2D eigenvalue weighted by Gasteiger charge is 2.47. The Hall–Kier alpha value is -1.85.